The standard InChI is InChI=1S/2C6H6O3S.C3H8O2/c2*7-10(8,9)6-4-2-1-3-5-6;4-2-1-3-5/h2*1-5H,(H,7,8,9);4-5H,1-3H2. The molecule has 2 rings (SSSR count). The molecular formula is C15H20O8S2. The summed E-state index contributed by atoms with van der Waals surface area (Å²) in [6.45, 7) is 0.188. The Bertz CT molecular complexity index is 718. The smallest absolute Gasteiger partial charge is 0.294 e. The molecule has 0 aliphatic rings. The summed E-state index contributed by atoms with van der Waals surface area (Å²) in [6, 6.07) is 14.8. The predicted octanol–water partition coefficient (Wildman–Crippen LogP) is 1.23. The molecule has 25 heavy (non-hydrogen) atoms. The molecule has 0 heterocycles. The number of rotatable bonds is 4. The molecule has 2 aromatic rings. The minimum absolute atomic E-state index is 0.0741. The molecule has 0 radical (unpaired) electrons. The van der Waals surface area contributed by atoms with E-state index < -0.39 is 20.2 Å². The van der Waals surface area contributed by atoms with Crippen LogP contribution in [0.1, 0.15) is 6.42 Å². The van der Waals surface area contributed by atoms with Crippen LogP contribution in [0.5, 0.6) is 0 Å². The minimum Gasteiger partial charge on any atom is -0.396 e. The molecule has 0 saturated carbocycles. The van der Waals surface area contributed by atoms with E-state index in [4.69, 9.17) is 19.3 Å². The second kappa shape index (κ2) is 11.7. The number of aliphatic hydroxyl groups excluding tert-OH is 2. The van der Waals surface area contributed by atoms with E-state index in [2.05, 4.69) is 0 Å². The molecule has 0 unspecified atom stereocenters. The highest BCUT2D eigenvalue weighted by Gasteiger charge is 2.06. The van der Waals surface area contributed by atoms with Crippen LogP contribution in [0.2, 0.25) is 0 Å². The molecule has 0 aliphatic heterocycles. The van der Waals surface area contributed by atoms with Gasteiger partial charge in [-0.1, -0.05) is 36.4 Å². The third-order valence-corrected chi connectivity index (χ3v) is 4.13. The second-order valence-corrected chi connectivity index (χ2v) is 7.22. The van der Waals surface area contributed by atoms with Gasteiger partial charge in [-0.2, -0.15) is 16.8 Å². The number of benzene rings is 2. The van der Waals surface area contributed by atoms with Crippen molar-refractivity contribution in [1.29, 1.82) is 0 Å². The molecule has 0 spiro atoms. The molecule has 0 aromatic heterocycles. The lowest BCUT2D eigenvalue weighted by Crippen LogP contribution is -1.96. The summed E-state index contributed by atoms with van der Waals surface area (Å²) in [4.78, 5) is -0.148. The van der Waals surface area contributed by atoms with Crippen LogP contribution >= 0.6 is 0 Å². The molecule has 140 valence electrons. The second-order valence-electron chi connectivity index (χ2n) is 4.38. The van der Waals surface area contributed by atoms with Crippen molar-refractivity contribution >= 4 is 20.2 Å². The number of hydrogen-bond acceptors (Lipinski definition) is 6. The van der Waals surface area contributed by atoms with E-state index >= 15 is 0 Å². The quantitative estimate of drug-likeness (QED) is 0.568. The Morgan fingerprint density at radius 3 is 1.00 bits per heavy atom. The van der Waals surface area contributed by atoms with E-state index in [1.54, 1.807) is 36.4 Å². The number of aliphatic hydroxyl groups is 2. The van der Waals surface area contributed by atoms with Gasteiger partial charge in [0.05, 0.1) is 9.79 Å². The maximum absolute atomic E-state index is 10.4. The Labute approximate surface area is 146 Å². The largest absolute Gasteiger partial charge is 0.396 e. The Kier molecular flexibility index (Phi) is 10.8. The van der Waals surface area contributed by atoms with Gasteiger partial charge in [0.1, 0.15) is 0 Å². The molecule has 4 N–H and O–H groups in total. The average Bonchev–Trinajstić information content (AvgIpc) is 2.57. The Balaban J connectivity index is 0.000000368. The van der Waals surface area contributed by atoms with E-state index in [1.165, 1.54) is 24.3 Å². The molecule has 2 aromatic carbocycles. The molecule has 0 atom stereocenters. The number of hydrogen-bond donors (Lipinski definition) is 4. The summed E-state index contributed by atoms with van der Waals surface area (Å²) in [5.41, 5.74) is 0. The van der Waals surface area contributed by atoms with E-state index in [-0.39, 0.29) is 23.0 Å². The molecule has 0 bridgehead atoms. The van der Waals surface area contributed by atoms with Gasteiger partial charge in [-0.15, -0.1) is 0 Å². The van der Waals surface area contributed by atoms with E-state index in [0.29, 0.717) is 6.42 Å². The van der Waals surface area contributed by atoms with Gasteiger partial charge >= 0.3 is 0 Å². The van der Waals surface area contributed by atoms with Gasteiger partial charge in [0.25, 0.3) is 20.2 Å². The van der Waals surface area contributed by atoms with E-state index in [9.17, 15) is 16.8 Å². The zero-order valence-electron chi connectivity index (χ0n) is 13.1. The summed E-state index contributed by atoms with van der Waals surface area (Å²) < 4.78 is 58.5. The van der Waals surface area contributed by atoms with Crippen LogP contribution in [0, 0.1) is 0 Å². The van der Waals surface area contributed by atoms with Crippen LogP contribution in [0.3, 0.4) is 0 Å². The molecule has 8 nitrogen and oxygen atoms in total. The molecule has 0 aliphatic carbocycles. The molecule has 10 heteroatoms. The zero-order valence-corrected chi connectivity index (χ0v) is 14.8. The minimum atomic E-state index is -4.00. The fraction of sp³-hybridized carbons (Fsp3) is 0.200. The van der Waals surface area contributed by atoms with Crippen molar-refractivity contribution in [2.75, 3.05) is 13.2 Å². The summed E-state index contributed by atoms with van der Waals surface area (Å²) in [6.07, 6.45) is 0.500. The van der Waals surface area contributed by atoms with E-state index in [0.717, 1.165) is 0 Å². The van der Waals surface area contributed by atoms with Crippen molar-refractivity contribution in [1.82, 2.24) is 0 Å². The summed E-state index contributed by atoms with van der Waals surface area (Å²) >= 11 is 0. The van der Waals surface area contributed by atoms with E-state index in [1.807, 2.05) is 0 Å². The highest BCUT2D eigenvalue weighted by Crippen LogP contribution is 2.05. The van der Waals surface area contributed by atoms with Crippen molar-refractivity contribution < 1.29 is 36.2 Å². The van der Waals surface area contributed by atoms with Gasteiger partial charge in [-0.3, -0.25) is 9.11 Å². The van der Waals surface area contributed by atoms with Crippen molar-refractivity contribution in [2.24, 2.45) is 0 Å². The Morgan fingerprint density at radius 2 is 0.880 bits per heavy atom. The first-order valence-electron chi connectivity index (χ1n) is 6.89. The van der Waals surface area contributed by atoms with Gasteiger partial charge in [0, 0.05) is 13.2 Å². The third kappa shape index (κ3) is 11.4. The van der Waals surface area contributed by atoms with Crippen LogP contribution < -0.4 is 0 Å². The lowest BCUT2D eigenvalue weighted by molar-refractivity contribution is 0.221. The zero-order chi connectivity index (χ0) is 19.3. The first-order valence-corrected chi connectivity index (χ1v) is 9.77. The highest BCUT2D eigenvalue weighted by molar-refractivity contribution is 7.86. The fourth-order valence-electron chi connectivity index (χ4n) is 1.26. The lowest BCUT2D eigenvalue weighted by atomic mass is 10.4. The molecule has 0 amide bonds. The van der Waals surface area contributed by atoms with Crippen molar-refractivity contribution in [3.63, 3.8) is 0 Å². The van der Waals surface area contributed by atoms with Crippen LogP contribution in [0.15, 0.2) is 70.5 Å². The maximum Gasteiger partial charge on any atom is 0.294 e. The van der Waals surface area contributed by atoms with Crippen molar-refractivity contribution in [3.8, 4) is 0 Å². The summed E-state index contributed by atoms with van der Waals surface area (Å²) in [5, 5.41) is 15.8. The van der Waals surface area contributed by atoms with Crippen LogP contribution in [0.25, 0.3) is 0 Å². The average molecular weight is 392 g/mol. The lowest BCUT2D eigenvalue weighted by Gasteiger charge is -1.92. The first-order chi connectivity index (χ1) is 11.6. The van der Waals surface area contributed by atoms with Crippen LogP contribution in [-0.2, 0) is 20.2 Å². The van der Waals surface area contributed by atoms with Crippen LogP contribution in [-0.4, -0.2) is 49.4 Å². The Hall–Kier alpha value is -1.82. The normalized spacial score (nSPS) is 10.7. The van der Waals surface area contributed by atoms with Gasteiger partial charge in [0.15, 0.2) is 0 Å². The SMILES string of the molecule is O=S(=O)(O)c1ccccc1.O=S(=O)(O)c1ccccc1.OCCCO. The highest BCUT2D eigenvalue weighted by atomic mass is 32.2. The van der Waals surface area contributed by atoms with Gasteiger partial charge < -0.3 is 10.2 Å². The molecular weight excluding hydrogens is 372 g/mol. The summed E-state index contributed by atoms with van der Waals surface area (Å²) in [7, 11) is -8.01. The van der Waals surface area contributed by atoms with Gasteiger partial charge in [0.2, 0.25) is 0 Å². The third-order valence-electron chi connectivity index (χ3n) is 2.40. The topological polar surface area (TPSA) is 149 Å². The monoisotopic (exact) mass is 392 g/mol. The van der Waals surface area contributed by atoms with Gasteiger partial charge in [-0.25, -0.2) is 0 Å². The predicted molar refractivity (Wildman–Crippen MR) is 91.3 cm³/mol. The maximum atomic E-state index is 10.4. The summed E-state index contributed by atoms with van der Waals surface area (Å²) in [5.74, 6) is 0. The van der Waals surface area contributed by atoms with Crippen LogP contribution in [0.4, 0.5) is 0 Å². The Morgan fingerprint density at radius 1 is 0.600 bits per heavy atom. The molecule has 0 saturated heterocycles. The van der Waals surface area contributed by atoms with Gasteiger partial charge in [-0.05, 0) is 30.7 Å². The first kappa shape index (κ1) is 23.2. The fourth-order valence-corrected chi connectivity index (χ4v) is 2.26. The molecule has 0 fully saturated rings. The van der Waals surface area contributed by atoms with Crippen molar-refractivity contribution in [3.05, 3.63) is 60.7 Å². The van der Waals surface area contributed by atoms with Crippen molar-refractivity contribution in [2.45, 2.75) is 16.2 Å².